The highest BCUT2D eigenvalue weighted by molar-refractivity contribution is 5.85. The highest BCUT2D eigenvalue weighted by atomic mass is 16.6. The van der Waals surface area contributed by atoms with E-state index in [1.807, 2.05) is 18.2 Å². The lowest BCUT2D eigenvalue weighted by molar-refractivity contribution is 0.0523. The zero-order chi connectivity index (χ0) is 17.0. The van der Waals surface area contributed by atoms with Crippen LogP contribution in [0.2, 0.25) is 0 Å². The highest BCUT2D eigenvalue weighted by Crippen LogP contribution is 2.11. The van der Waals surface area contributed by atoms with Crippen molar-refractivity contribution in [3.8, 4) is 5.69 Å². The third-order valence-corrected chi connectivity index (χ3v) is 2.82. The van der Waals surface area contributed by atoms with E-state index in [1.165, 1.54) is 10.7 Å². The molecule has 122 valence electrons. The smallest absolute Gasteiger partial charge is 0.407 e. The fraction of sp³-hybridized carbons (Fsp3) is 0.312. The summed E-state index contributed by atoms with van der Waals surface area (Å²) in [5, 5.41) is 15.5. The first kappa shape index (κ1) is 16.5. The molecule has 0 aliphatic heterocycles. The van der Waals surface area contributed by atoms with Gasteiger partial charge in [0.15, 0.2) is 5.69 Å². The van der Waals surface area contributed by atoms with Gasteiger partial charge in [-0.05, 0) is 44.5 Å². The molecule has 1 heterocycles. The van der Waals surface area contributed by atoms with Crippen LogP contribution in [0.1, 0.15) is 36.8 Å². The Bertz CT molecular complexity index is 716. The van der Waals surface area contributed by atoms with Crippen molar-refractivity contribution in [2.24, 2.45) is 0 Å². The van der Waals surface area contributed by atoms with Gasteiger partial charge in [0, 0.05) is 12.7 Å². The number of nitrogens with zero attached hydrogens (tertiary/aromatic N) is 2. The van der Waals surface area contributed by atoms with Crippen molar-refractivity contribution in [3.63, 3.8) is 0 Å². The fourth-order valence-electron chi connectivity index (χ4n) is 1.88. The molecule has 23 heavy (non-hydrogen) atoms. The second-order valence-corrected chi connectivity index (χ2v) is 5.98. The van der Waals surface area contributed by atoms with E-state index in [0.717, 1.165) is 5.56 Å². The van der Waals surface area contributed by atoms with Crippen LogP contribution in [-0.4, -0.2) is 32.6 Å². The highest BCUT2D eigenvalue weighted by Gasteiger charge is 2.15. The van der Waals surface area contributed by atoms with E-state index >= 15 is 0 Å². The minimum Gasteiger partial charge on any atom is -0.476 e. The number of nitrogens with one attached hydrogen (secondary N) is 1. The number of rotatable bonds is 4. The first-order valence-electron chi connectivity index (χ1n) is 7.10. The normalized spacial score (nSPS) is 11.1. The quantitative estimate of drug-likeness (QED) is 0.904. The Kier molecular flexibility index (Phi) is 4.68. The van der Waals surface area contributed by atoms with Gasteiger partial charge >= 0.3 is 12.1 Å². The van der Waals surface area contributed by atoms with E-state index < -0.39 is 17.7 Å². The summed E-state index contributed by atoms with van der Waals surface area (Å²) in [6.45, 7) is 5.69. The van der Waals surface area contributed by atoms with Crippen molar-refractivity contribution < 1.29 is 19.4 Å². The van der Waals surface area contributed by atoms with Gasteiger partial charge in [-0.3, -0.25) is 0 Å². The molecular weight excluding hydrogens is 298 g/mol. The Morgan fingerprint density at radius 1 is 1.30 bits per heavy atom. The molecule has 1 aromatic carbocycles. The van der Waals surface area contributed by atoms with E-state index in [4.69, 9.17) is 9.84 Å². The molecule has 0 saturated carbocycles. The van der Waals surface area contributed by atoms with Gasteiger partial charge in [-0.15, -0.1) is 0 Å². The van der Waals surface area contributed by atoms with Gasteiger partial charge in [-0.1, -0.05) is 12.1 Å². The van der Waals surface area contributed by atoms with Gasteiger partial charge in [0.25, 0.3) is 0 Å². The van der Waals surface area contributed by atoms with E-state index in [2.05, 4.69) is 10.4 Å². The molecule has 2 aromatic rings. The van der Waals surface area contributed by atoms with Crippen molar-refractivity contribution in [2.45, 2.75) is 32.9 Å². The Balaban J connectivity index is 2.05. The van der Waals surface area contributed by atoms with E-state index in [0.29, 0.717) is 12.2 Å². The van der Waals surface area contributed by atoms with Crippen LogP contribution in [0.4, 0.5) is 4.79 Å². The summed E-state index contributed by atoms with van der Waals surface area (Å²) >= 11 is 0. The molecule has 0 unspecified atom stereocenters. The lowest BCUT2D eigenvalue weighted by Gasteiger charge is -2.19. The Labute approximate surface area is 133 Å². The number of hydrogen-bond acceptors (Lipinski definition) is 4. The molecule has 0 bridgehead atoms. The third kappa shape index (κ3) is 4.84. The maximum absolute atomic E-state index is 11.6. The van der Waals surface area contributed by atoms with Crippen LogP contribution >= 0.6 is 0 Å². The molecule has 0 aliphatic rings. The van der Waals surface area contributed by atoms with Crippen molar-refractivity contribution >= 4 is 12.1 Å². The summed E-state index contributed by atoms with van der Waals surface area (Å²) in [6, 6.07) is 8.70. The van der Waals surface area contributed by atoms with Gasteiger partial charge in [-0.25, -0.2) is 14.3 Å². The molecule has 0 radical (unpaired) electrons. The topological polar surface area (TPSA) is 93.5 Å². The maximum Gasteiger partial charge on any atom is 0.407 e. The molecule has 2 N–H and O–H groups in total. The zero-order valence-electron chi connectivity index (χ0n) is 13.2. The van der Waals surface area contributed by atoms with E-state index in [1.54, 1.807) is 33.0 Å². The SMILES string of the molecule is CC(C)(C)OC(=O)NCc1cccc(-n2ccc(C(=O)O)n2)c1. The summed E-state index contributed by atoms with van der Waals surface area (Å²) in [5.74, 6) is -1.08. The molecule has 2 rings (SSSR count). The lowest BCUT2D eigenvalue weighted by Crippen LogP contribution is -2.32. The second kappa shape index (κ2) is 6.51. The molecule has 0 fully saturated rings. The standard InChI is InChI=1S/C16H19N3O4/c1-16(2,3)23-15(22)17-10-11-5-4-6-12(9-11)19-8-7-13(18-19)14(20)21/h4-9H,10H2,1-3H3,(H,17,22)(H,20,21). The largest absolute Gasteiger partial charge is 0.476 e. The Hall–Kier alpha value is -2.83. The third-order valence-electron chi connectivity index (χ3n) is 2.82. The second-order valence-electron chi connectivity index (χ2n) is 5.98. The molecule has 1 aromatic heterocycles. The number of alkyl carbamates (subject to hydrolysis) is 1. The number of aromatic carboxylic acids is 1. The van der Waals surface area contributed by atoms with Crippen LogP contribution in [-0.2, 0) is 11.3 Å². The molecule has 7 heteroatoms. The Morgan fingerprint density at radius 2 is 2.04 bits per heavy atom. The minimum absolute atomic E-state index is 0.0257. The Morgan fingerprint density at radius 3 is 2.65 bits per heavy atom. The predicted molar refractivity (Wildman–Crippen MR) is 83.6 cm³/mol. The number of amides is 1. The van der Waals surface area contributed by atoms with Crippen LogP contribution in [0.5, 0.6) is 0 Å². The molecule has 0 saturated heterocycles. The fourth-order valence-corrected chi connectivity index (χ4v) is 1.88. The van der Waals surface area contributed by atoms with Crippen molar-refractivity contribution in [3.05, 3.63) is 47.8 Å². The van der Waals surface area contributed by atoms with Gasteiger partial charge in [0.1, 0.15) is 5.60 Å². The molecular formula is C16H19N3O4. The van der Waals surface area contributed by atoms with Crippen molar-refractivity contribution in [1.82, 2.24) is 15.1 Å². The number of carbonyl (C=O) groups is 2. The first-order valence-corrected chi connectivity index (χ1v) is 7.10. The first-order chi connectivity index (χ1) is 10.7. The number of ether oxygens (including phenoxy) is 1. The van der Waals surface area contributed by atoms with Crippen LogP contribution < -0.4 is 5.32 Å². The van der Waals surface area contributed by atoms with Gasteiger partial charge in [-0.2, -0.15) is 5.10 Å². The summed E-state index contributed by atoms with van der Waals surface area (Å²) < 4.78 is 6.64. The van der Waals surface area contributed by atoms with Crippen LogP contribution in [0, 0.1) is 0 Å². The van der Waals surface area contributed by atoms with Crippen molar-refractivity contribution in [1.29, 1.82) is 0 Å². The summed E-state index contributed by atoms with van der Waals surface area (Å²) in [5.41, 5.74) is 0.984. The molecule has 7 nitrogen and oxygen atoms in total. The van der Waals surface area contributed by atoms with Gasteiger partial charge in [0.05, 0.1) is 5.69 Å². The number of aromatic nitrogens is 2. The number of carboxylic acid groups (broad SMARTS) is 1. The summed E-state index contributed by atoms with van der Waals surface area (Å²) in [6.07, 6.45) is 1.08. The monoisotopic (exact) mass is 317 g/mol. The predicted octanol–water partition coefficient (Wildman–Crippen LogP) is 2.60. The summed E-state index contributed by atoms with van der Waals surface area (Å²) in [4.78, 5) is 22.5. The zero-order valence-corrected chi connectivity index (χ0v) is 13.2. The number of hydrogen-bond donors (Lipinski definition) is 2. The van der Waals surface area contributed by atoms with Crippen LogP contribution in [0.25, 0.3) is 5.69 Å². The minimum atomic E-state index is -1.08. The van der Waals surface area contributed by atoms with Crippen LogP contribution in [0.3, 0.4) is 0 Å². The molecule has 0 spiro atoms. The molecule has 1 amide bonds. The van der Waals surface area contributed by atoms with E-state index in [-0.39, 0.29) is 5.69 Å². The average Bonchev–Trinajstić information content (AvgIpc) is 2.94. The number of carboxylic acids is 1. The van der Waals surface area contributed by atoms with Gasteiger partial charge < -0.3 is 15.2 Å². The van der Waals surface area contributed by atoms with E-state index in [9.17, 15) is 9.59 Å². The lowest BCUT2D eigenvalue weighted by atomic mass is 10.2. The summed E-state index contributed by atoms with van der Waals surface area (Å²) in [7, 11) is 0. The number of benzene rings is 1. The van der Waals surface area contributed by atoms with Crippen molar-refractivity contribution in [2.75, 3.05) is 0 Å². The van der Waals surface area contributed by atoms with Crippen LogP contribution in [0.15, 0.2) is 36.5 Å². The molecule has 0 atom stereocenters. The molecule has 0 aliphatic carbocycles. The van der Waals surface area contributed by atoms with Gasteiger partial charge in [0.2, 0.25) is 0 Å². The maximum atomic E-state index is 11.6. The average molecular weight is 317 g/mol. The number of carbonyl (C=O) groups excluding carboxylic acids is 1.